The number of hydrogen-bond acceptors (Lipinski definition) is 4. The zero-order chi connectivity index (χ0) is 16.5. The van der Waals surface area contributed by atoms with Crippen LogP contribution in [0.3, 0.4) is 0 Å². The summed E-state index contributed by atoms with van der Waals surface area (Å²) < 4.78 is 11.2. The second kappa shape index (κ2) is 6.30. The van der Waals surface area contributed by atoms with Crippen molar-refractivity contribution in [2.75, 3.05) is 14.2 Å². The Morgan fingerprint density at radius 2 is 1.50 bits per heavy atom. The standard InChI is InChI=1S/C20H16O2S2/c1-21-13-7-8-14-15(11-13)16(18-5-3-9-23-18)12-17(22-2)20(14)19-6-4-10-24-19/h3-12H,1-2H3. The van der Waals surface area contributed by atoms with Gasteiger partial charge in [0.1, 0.15) is 11.5 Å². The number of ether oxygens (including phenoxy) is 2. The summed E-state index contributed by atoms with van der Waals surface area (Å²) in [6.07, 6.45) is 0. The van der Waals surface area contributed by atoms with Crippen molar-refractivity contribution in [3.63, 3.8) is 0 Å². The number of fused-ring (bicyclic) bond motifs is 1. The Hall–Kier alpha value is -2.30. The van der Waals surface area contributed by atoms with Crippen LogP contribution in [-0.4, -0.2) is 14.2 Å². The molecule has 0 bridgehead atoms. The first-order valence-electron chi connectivity index (χ1n) is 7.58. The molecule has 0 aliphatic carbocycles. The summed E-state index contributed by atoms with van der Waals surface area (Å²) in [6.45, 7) is 0. The quantitative estimate of drug-likeness (QED) is 0.428. The van der Waals surface area contributed by atoms with Gasteiger partial charge in [-0.1, -0.05) is 12.1 Å². The van der Waals surface area contributed by atoms with Gasteiger partial charge in [-0.3, -0.25) is 0 Å². The molecular formula is C20H16O2S2. The Kier molecular flexibility index (Phi) is 4.00. The number of rotatable bonds is 4. The molecule has 0 N–H and O–H groups in total. The van der Waals surface area contributed by atoms with Crippen molar-refractivity contribution < 1.29 is 9.47 Å². The highest BCUT2D eigenvalue weighted by Crippen LogP contribution is 2.45. The van der Waals surface area contributed by atoms with Gasteiger partial charge in [-0.15, -0.1) is 22.7 Å². The summed E-state index contributed by atoms with van der Waals surface area (Å²) >= 11 is 3.46. The highest BCUT2D eigenvalue weighted by molar-refractivity contribution is 7.14. The summed E-state index contributed by atoms with van der Waals surface area (Å²) in [5, 5.41) is 6.56. The Morgan fingerprint density at radius 3 is 2.12 bits per heavy atom. The fraction of sp³-hybridized carbons (Fsp3) is 0.100. The van der Waals surface area contributed by atoms with Crippen LogP contribution < -0.4 is 9.47 Å². The monoisotopic (exact) mass is 352 g/mol. The second-order valence-electron chi connectivity index (χ2n) is 5.37. The van der Waals surface area contributed by atoms with E-state index in [2.05, 4.69) is 53.2 Å². The van der Waals surface area contributed by atoms with Gasteiger partial charge >= 0.3 is 0 Å². The highest BCUT2D eigenvalue weighted by atomic mass is 32.1. The first kappa shape index (κ1) is 15.2. The molecule has 0 fully saturated rings. The lowest BCUT2D eigenvalue weighted by Gasteiger charge is -2.15. The van der Waals surface area contributed by atoms with Gasteiger partial charge in [0.25, 0.3) is 0 Å². The van der Waals surface area contributed by atoms with E-state index in [-0.39, 0.29) is 0 Å². The van der Waals surface area contributed by atoms with Crippen molar-refractivity contribution in [2.45, 2.75) is 0 Å². The predicted molar refractivity (Wildman–Crippen MR) is 104 cm³/mol. The van der Waals surface area contributed by atoms with Gasteiger partial charge in [0.05, 0.1) is 14.2 Å². The molecule has 0 unspecified atom stereocenters. The van der Waals surface area contributed by atoms with Crippen LogP contribution in [0.1, 0.15) is 0 Å². The van der Waals surface area contributed by atoms with Crippen LogP contribution in [0.5, 0.6) is 11.5 Å². The molecular weight excluding hydrogens is 336 g/mol. The van der Waals surface area contributed by atoms with Gasteiger partial charge in [-0.05, 0) is 57.9 Å². The van der Waals surface area contributed by atoms with E-state index >= 15 is 0 Å². The molecule has 0 aliphatic rings. The largest absolute Gasteiger partial charge is 0.497 e. The zero-order valence-electron chi connectivity index (χ0n) is 13.4. The molecule has 4 aromatic rings. The van der Waals surface area contributed by atoms with Crippen molar-refractivity contribution in [3.05, 3.63) is 59.3 Å². The maximum Gasteiger partial charge on any atom is 0.128 e. The SMILES string of the molecule is COc1ccc2c(-c3cccs3)c(OC)cc(-c3cccs3)c2c1. The van der Waals surface area contributed by atoms with Crippen molar-refractivity contribution in [1.29, 1.82) is 0 Å². The van der Waals surface area contributed by atoms with Gasteiger partial charge in [-0.2, -0.15) is 0 Å². The molecule has 2 heterocycles. The molecule has 0 saturated heterocycles. The predicted octanol–water partition coefficient (Wildman–Crippen LogP) is 6.31. The minimum atomic E-state index is 0.864. The average molecular weight is 352 g/mol. The van der Waals surface area contributed by atoms with Crippen LogP contribution in [-0.2, 0) is 0 Å². The third kappa shape index (κ3) is 2.48. The summed E-state index contributed by atoms with van der Waals surface area (Å²) in [5.41, 5.74) is 2.32. The third-order valence-corrected chi connectivity index (χ3v) is 5.87. The minimum absolute atomic E-state index is 0.864. The molecule has 0 aliphatic heterocycles. The summed E-state index contributed by atoms with van der Waals surface area (Å²) in [6, 6.07) is 16.8. The van der Waals surface area contributed by atoms with Gasteiger partial charge in [0.2, 0.25) is 0 Å². The van der Waals surface area contributed by atoms with Crippen LogP contribution in [0.2, 0.25) is 0 Å². The molecule has 0 amide bonds. The molecule has 4 rings (SSSR count). The van der Waals surface area contributed by atoms with Crippen LogP contribution in [0.15, 0.2) is 59.3 Å². The first-order chi connectivity index (χ1) is 11.8. The molecule has 120 valence electrons. The molecule has 4 heteroatoms. The smallest absolute Gasteiger partial charge is 0.128 e. The van der Waals surface area contributed by atoms with Gasteiger partial charge in [0, 0.05) is 20.9 Å². The van der Waals surface area contributed by atoms with Gasteiger partial charge in [-0.25, -0.2) is 0 Å². The lowest BCUT2D eigenvalue weighted by molar-refractivity contribution is 0.415. The molecule has 2 nitrogen and oxygen atoms in total. The molecule has 0 atom stereocenters. The van der Waals surface area contributed by atoms with E-state index in [0.717, 1.165) is 17.1 Å². The number of thiophene rings is 2. The Labute approximate surface area is 148 Å². The fourth-order valence-electron chi connectivity index (χ4n) is 2.98. The molecule has 0 saturated carbocycles. The van der Waals surface area contributed by atoms with E-state index in [4.69, 9.17) is 9.47 Å². The Balaban J connectivity index is 2.12. The van der Waals surface area contributed by atoms with E-state index in [1.807, 2.05) is 6.07 Å². The first-order valence-corrected chi connectivity index (χ1v) is 9.34. The van der Waals surface area contributed by atoms with E-state index in [0.29, 0.717) is 0 Å². The fourth-order valence-corrected chi connectivity index (χ4v) is 4.52. The van der Waals surface area contributed by atoms with E-state index in [1.165, 1.54) is 26.1 Å². The van der Waals surface area contributed by atoms with Crippen molar-refractivity contribution in [2.24, 2.45) is 0 Å². The lowest BCUT2D eigenvalue weighted by atomic mass is 9.96. The minimum Gasteiger partial charge on any atom is -0.497 e. The number of methoxy groups -OCH3 is 2. The van der Waals surface area contributed by atoms with Crippen LogP contribution in [0.4, 0.5) is 0 Å². The maximum atomic E-state index is 5.75. The number of hydrogen-bond donors (Lipinski definition) is 0. The molecule has 0 spiro atoms. The summed E-state index contributed by atoms with van der Waals surface area (Å²) in [5.74, 6) is 1.76. The molecule has 24 heavy (non-hydrogen) atoms. The molecule has 0 radical (unpaired) electrons. The van der Waals surface area contributed by atoms with E-state index in [1.54, 1.807) is 36.9 Å². The topological polar surface area (TPSA) is 18.5 Å². The normalized spacial score (nSPS) is 10.9. The Morgan fingerprint density at radius 1 is 0.750 bits per heavy atom. The molecule has 2 aromatic heterocycles. The van der Waals surface area contributed by atoms with Crippen molar-refractivity contribution in [1.82, 2.24) is 0 Å². The summed E-state index contributed by atoms with van der Waals surface area (Å²) in [7, 11) is 3.44. The van der Waals surface area contributed by atoms with Crippen LogP contribution in [0, 0.1) is 0 Å². The van der Waals surface area contributed by atoms with Crippen molar-refractivity contribution >= 4 is 33.4 Å². The maximum absolute atomic E-state index is 5.75. The summed E-state index contributed by atoms with van der Waals surface area (Å²) in [4.78, 5) is 2.43. The van der Waals surface area contributed by atoms with E-state index in [9.17, 15) is 0 Å². The van der Waals surface area contributed by atoms with Crippen LogP contribution >= 0.6 is 22.7 Å². The van der Waals surface area contributed by atoms with E-state index < -0.39 is 0 Å². The number of benzene rings is 2. The third-order valence-electron chi connectivity index (χ3n) is 4.08. The second-order valence-corrected chi connectivity index (χ2v) is 7.26. The Bertz CT molecular complexity index is 971. The lowest BCUT2D eigenvalue weighted by Crippen LogP contribution is -1.92. The molecule has 2 aromatic carbocycles. The van der Waals surface area contributed by atoms with Crippen LogP contribution in [0.25, 0.3) is 31.7 Å². The van der Waals surface area contributed by atoms with Gasteiger partial charge < -0.3 is 9.47 Å². The average Bonchev–Trinajstić information content (AvgIpc) is 3.33. The highest BCUT2D eigenvalue weighted by Gasteiger charge is 2.17. The van der Waals surface area contributed by atoms with Gasteiger partial charge in [0.15, 0.2) is 0 Å². The zero-order valence-corrected chi connectivity index (χ0v) is 15.0. The van der Waals surface area contributed by atoms with Crippen molar-refractivity contribution in [3.8, 4) is 32.4 Å².